The van der Waals surface area contributed by atoms with Crippen LogP contribution in [-0.2, 0) is 6.42 Å². The smallest absolute Gasteiger partial charge is 0.122 e. The highest BCUT2D eigenvalue weighted by Gasteiger charge is 2.10. The fourth-order valence-corrected chi connectivity index (χ4v) is 2.19. The van der Waals surface area contributed by atoms with Crippen molar-refractivity contribution in [1.82, 2.24) is 5.32 Å². The third-order valence-corrected chi connectivity index (χ3v) is 3.39. The number of rotatable bonds is 8. The fourth-order valence-electron chi connectivity index (χ4n) is 2.19. The van der Waals surface area contributed by atoms with E-state index in [0.717, 1.165) is 31.7 Å². The Morgan fingerprint density at radius 1 is 1.26 bits per heavy atom. The summed E-state index contributed by atoms with van der Waals surface area (Å²) in [5, 5.41) is 12.1. The molecule has 0 spiro atoms. The maximum Gasteiger partial charge on any atom is 0.122 e. The third kappa shape index (κ3) is 4.84. The lowest BCUT2D eigenvalue weighted by molar-refractivity contribution is 0.286. The Balaban J connectivity index is 2.70. The molecule has 0 amide bonds. The first-order chi connectivity index (χ1) is 9.10. The van der Waals surface area contributed by atoms with Gasteiger partial charge < -0.3 is 15.2 Å². The number of hydrogen-bond acceptors (Lipinski definition) is 3. The highest BCUT2D eigenvalue weighted by molar-refractivity contribution is 5.44. The lowest BCUT2D eigenvalue weighted by Gasteiger charge is -2.16. The first kappa shape index (κ1) is 16.0. The second-order valence-corrected chi connectivity index (χ2v) is 5.25. The number of hydrogen-bond donors (Lipinski definition) is 2. The number of aliphatic hydroxyl groups is 1. The van der Waals surface area contributed by atoms with Crippen molar-refractivity contribution in [3.05, 3.63) is 28.8 Å². The molecule has 108 valence electrons. The van der Waals surface area contributed by atoms with Gasteiger partial charge in [0.25, 0.3) is 0 Å². The standard InChI is InChI=1S/C16H27NO2/c1-12(2)15-11-14(6-8-17-7-5-9-18)13(3)10-16(15)19-4/h10-12,17-18H,5-9H2,1-4H3. The van der Waals surface area contributed by atoms with E-state index in [1.807, 2.05) is 0 Å². The normalized spacial score (nSPS) is 11.1. The molecule has 0 atom stereocenters. The van der Waals surface area contributed by atoms with Gasteiger partial charge in [-0.2, -0.15) is 0 Å². The minimum atomic E-state index is 0.256. The molecule has 0 aromatic heterocycles. The summed E-state index contributed by atoms with van der Waals surface area (Å²) in [5.74, 6) is 1.46. The molecule has 0 fully saturated rings. The van der Waals surface area contributed by atoms with Crippen LogP contribution in [-0.4, -0.2) is 31.9 Å². The molecule has 0 saturated carbocycles. The molecule has 0 radical (unpaired) electrons. The van der Waals surface area contributed by atoms with Crippen LogP contribution in [0.5, 0.6) is 5.75 Å². The monoisotopic (exact) mass is 265 g/mol. The quantitative estimate of drug-likeness (QED) is 0.710. The lowest BCUT2D eigenvalue weighted by atomic mass is 9.95. The Kier molecular flexibility index (Phi) is 6.89. The number of aryl methyl sites for hydroxylation is 1. The highest BCUT2D eigenvalue weighted by Crippen LogP contribution is 2.29. The molecule has 2 N–H and O–H groups in total. The average Bonchev–Trinajstić information content (AvgIpc) is 2.39. The Morgan fingerprint density at radius 3 is 2.58 bits per heavy atom. The van der Waals surface area contributed by atoms with Crippen LogP contribution >= 0.6 is 0 Å². The van der Waals surface area contributed by atoms with Gasteiger partial charge in [-0.1, -0.05) is 19.9 Å². The minimum Gasteiger partial charge on any atom is -0.496 e. The molecule has 3 heteroatoms. The molecule has 19 heavy (non-hydrogen) atoms. The molecular weight excluding hydrogens is 238 g/mol. The molecule has 1 rings (SSSR count). The minimum absolute atomic E-state index is 0.256. The SMILES string of the molecule is COc1cc(C)c(CCNCCCO)cc1C(C)C. The van der Waals surface area contributed by atoms with Crippen LogP contribution in [0.25, 0.3) is 0 Å². The maximum absolute atomic E-state index is 8.73. The van der Waals surface area contributed by atoms with Gasteiger partial charge in [-0.05, 0) is 61.5 Å². The largest absolute Gasteiger partial charge is 0.496 e. The van der Waals surface area contributed by atoms with E-state index in [1.54, 1.807) is 7.11 Å². The van der Waals surface area contributed by atoms with Crippen LogP contribution in [0.3, 0.4) is 0 Å². The molecule has 0 unspecified atom stereocenters. The summed E-state index contributed by atoms with van der Waals surface area (Å²) in [5.41, 5.74) is 3.93. The van der Waals surface area contributed by atoms with Crippen LogP contribution < -0.4 is 10.1 Å². The molecular formula is C16H27NO2. The molecule has 0 aliphatic heterocycles. The zero-order chi connectivity index (χ0) is 14.3. The maximum atomic E-state index is 8.73. The predicted molar refractivity (Wildman–Crippen MR) is 80.1 cm³/mol. The zero-order valence-corrected chi connectivity index (χ0v) is 12.6. The van der Waals surface area contributed by atoms with Gasteiger partial charge in [-0.15, -0.1) is 0 Å². The fraction of sp³-hybridized carbons (Fsp3) is 0.625. The van der Waals surface area contributed by atoms with Gasteiger partial charge in [0.1, 0.15) is 5.75 Å². The Morgan fingerprint density at radius 2 is 2.00 bits per heavy atom. The molecule has 1 aromatic rings. The van der Waals surface area contributed by atoms with E-state index in [4.69, 9.17) is 9.84 Å². The van der Waals surface area contributed by atoms with Crippen molar-refractivity contribution in [3.8, 4) is 5.75 Å². The number of aliphatic hydroxyl groups excluding tert-OH is 1. The Hall–Kier alpha value is -1.06. The van der Waals surface area contributed by atoms with E-state index in [1.165, 1.54) is 16.7 Å². The number of nitrogens with one attached hydrogen (secondary N) is 1. The highest BCUT2D eigenvalue weighted by atomic mass is 16.5. The van der Waals surface area contributed by atoms with Gasteiger partial charge in [0.2, 0.25) is 0 Å². The molecule has 0 bridgehead atoms. The molecule has 0 heterocycles. The van der Waals surface area contributed by atoms with E-state index in [-0.39, 0.29) is 6.61 Å². The molecule has 1 aromatic carbocycles. The van der Waals surface area contributed by atoms with Crippen molar-refractivity contribution < 1.29 is 9.84 Å². The van der Waals surface area contributed by atoms with Crippen molar-refractivity contribution in [2.75, 3.05) is 26.8 Å². The summed E-state index contributed by atoms with van der Waals surface area (Å²) < 4.78 is 5.46. The number of benzene rings is 1. The summed E-state index contributed by atoms with van der Waals surface area (Å²) in [7, 11) is 1.73. The van der Waals surface area contributed by atoms with E-state index in [2.05, 4.69) is 38.2 Å². The molecule has 0 saturated heterocycles. The van der Waals surface area contributed by atoms with Gasteiger partial charge in [0.05, 0.1) is 7.11 Å². The summed E-state index contributed by atoms with van der Waals surface area (Å²) in [6.07, 6.45) is 1.83. The van der Waals surface area contributed by atoms with E-state index >= 15 is 0 Å². The lowest BCUT2D eigenvalue weighted by Crippen LogP contribution is -2.19. The van der Waals surface area contributed by atoms with Crippen LogP contribution in [0.2, 0.25) is 0 Å². The molecule has 3 nitrogen and oxygen atoms in total. The van der Waals surface area contributed by atoms with Gasteiger partial charge in [0, 0.05) is 6.61 Å². The third-order valence-electron chi connectivity index (χ3n) is 3.39. The van der Waals surface area contributed by atoms with Gasteiger partial charge in [-0.25, -0.2) is 0 Å². The van der Waals surface area contributed by atoms with Gasteiger partial charge >= 0.3 is 0 Å². The Labute approximate surface area is 117 Å². The summed E-state index contributed by atoms with van der Waals surface area (Å²) >= 11 is 0. The molecule has 0 aliphatic carbocycles. The van der Waals surface area contributed by atoms with Crippen molar-refractivity contribution >= 4 is 0 Å². The Bertz CT molecular complexity index is 389. The van der Waals surface area contributed by atoms with E-state index in [0.29, 0.717) is 5.92 Å². The predicted octanol–water partition coefficient (Wildman–Crippen LogP) is 2.64. The first-order valence-corrected chi connectivity index (χ1v) is 7.09. The average molecular weight is 265 g/mol. The summed E-state index contributed by atoms with van der Waals surface area (Å²) in [6, 6.07) is 4.41. The summed E-state index contributed by atoms with van der Waals surface area (Å²) in [4.78, 5) is 0. The van der Waals surface area contributed by atoms with Crippen LogP contribution in [0.1, 0.15) is 42.9 Å². The van der Waals surface area contributed by atoms with Crippen LogP contribution in [0, 0.1) is 6.92 Å². The van der Waals surface area contributed by atoms with E-state index < -0.39 is 0 Å². The molecule has 0 aliphatic rings. The first-order valence-electron chi connectivity index (χ1n) is 7.09. The number of ether oxygens (including phenoxy) is 1. The van der Waals surface area contributed by atoms with Crippen molar-refractivity contribution in [2.45, 2.75) is 39.5 Å². The topological polar surface area (TPSA) is 41.5 Å². The van der Waals surface area contributed by atoms with E-state index in [9.17, 15) is 0 Å². The van der Waals surface area contributed by atoms with Crippen molar-refractivity contribution in [2.24, 2.45) is 0 Å². The van der Waals surface area contributed by atoms with Gasteiger partial charge in [0.15, 0.2) is 0 Å². The number of methoxy groups -OCH3 is 1. The zero-order valence-electron chi connectivity index (χ0n) is 12.6. The van der Waals surface area contributed by atoms with Crippen LogP contribution in [0.4, 0.5) is 0 Å². The second-order valence-electron chi connectivity index (χ2n) is 5.25. The van der Waals surface area contributed by atoms with Crippen molar-refractivity contribution in [3.63, 3.8) is 0 Å². The second kappa shape index (κ2) is 8.18. The summed E-state index contributed by atoms with van der Waals surface area (Å²) in [6.45, 7) is 8.60. The van der Waals surface area contributed by atoms with Crippen molar-refractivity contribution in [1.29, 1.82) is 0 Å². The van der Waals surface area contributed by atoms with Crippen LogP contribution in [0.15, 0.2) is 12.1 Å². The van der Waals surface area contributed by atoms with Gasteiger partial charge in [-0.3, -0.25) is 0 Å².